The highest BCUT2D eigenvalue weighted by Gasteiger charge is 2.35. The van der Waals surface area contributed by atoms with Crippen LogP contribution in [0.2, 0.25) is 0 Å². The van der Waals surface area contributed by atoms with Gasteiger partial charge in [0.2, 0.25) is 5.01 Å². The second-order valence-corrected chi connectivity index (χ2v) is 7.67. The summed E-state index contributed by atoms with van der Waals surface area (Å²) in [6.45, 7) is 0.313. The minimum absolute atomic E-state index is 0.0608. The van der Waals surface area contributed by atoms with Gasteiger partial charge in [-0.1, -0.05) is 17.4 Å². The van der Waals surface area contributed by atoms with Crippen molar-refractivity contribution in [3.05, 3.63) is 75.5 Å². The van der Waals surface area contributed by atoms with Gasteiger partial charge in [-0.15, -0.1) is 10.2 Å². The number of likely N-dealkylation sites (tertiary alicyclic amines) is 1. The number of hydrogen-bond acceptors (Lipinski definition) is 5. The predicted octanol–water partition coefficient (Wildman–Crippen LogP) is 4.19. The van der Waals surface area contributed by atoms with Crippen molar-refractivity contribution >= 4 is 28.8 Å². The third kappa shape index (κ3) is 3.90. The average molecular weight is 432 g/mol. The molecule has 0 bridgehead atoms. The van der Waals surface area contributed by atoms with Crippen LogP contribution in [-0.2, 0) is 0 Å². The quantitative estimate of drug-likeness (QED) is 0.671. The van der Waals surface area contributed by atoms with Gasteiger partial charge in [0, 0.05) is 12.2 Å². The number of aromatic nitrogens is 2. The molecule has 1 aromatic heterocycles. The number of anilines is 1. The molecule has 2 amide bonds. The molecule has 1 fully saturated rings. The molecule has 0 aliphatic carbocycles. The lowest BCUT2D eigenvalue weighted by atomic mass is 10.1. The number of rotatable bonds is 4. The van der Waals surface area contributed by atoms with Gasteiger partial charge in [0.25, 0.3) is 11.8 Å². The van der Waals surface area contributed by atoms with Crippen molar-refractivity contribution < 1.29 is 22.8 Å². The summed E-state index contributed by atoms with van der Waals surface area (Å²) in [5.41, 5.74) is -0.214. The van der Waals surface area contributed by atoms with Crippen LogP contribution >= 0.6 is 11.3 Å². The molecule has 6 nitrogen and oxygen atoms in total. The Morgan fingerprint density at radius 2 is 1.73 bits per heavy atom. The molecule has 1 saturated heterocycles. The lowest BCUT2D eigenvalue weighted by Gasteiger charge is -2.23. The molecule has 1 aliphatic heterocycles. The van der Waals surface area contributed by atoms with Crippen LogP contribution < -0.4 is 5.32 Å². The SMILES string of the molecule is O=C(Nc1ccc(F)cc1)c1nnc([C@@H]2CCCN2C(=O)c2c(F)cccc2F)s1. The van der Waals surface area contributed by atoms with E-state index in [-0.39, 0.29) is 5.01 Å². The molecular weight excluding hydrogens is 417 g/mol. The first-order chi connectivity index (χ1) is 14.4. The zero-order valence-electron chi connectivity index (χ0n) is 15.4. The van der Waals surface area contributed by atoms with E-state index in [9.17, 15) is 22.8 Å². The standard InChI is InChI=1S/C20H15F3N4O2S/c21-11-6-8-12(9-7-11)24-17(28)19-26-25-18(30-19)15-5-2-10-27(15)20(29)16-13(22)3-1-4-14(16)23/h1,3-4,6-9,15H,2,5,10H2,(H,24,28)/t15-/m0/s1. The Labute approximate surface area is 173 Å². The van der Waals surface area contributed by atoms with Crippen molar-refractivity contribution in [2.24, 2.45) is 0 Å². The Morgan fingerprint density at radius 1 is 1.03 bits per heavy atom. The van der Waals surface area contributed by atoms with E-state index in [1.807, 2.05) is 0 Å². The molecule has 0 spiro atoms. The first-order valence-corrected chi connectivity index (χ1v) is 9.91. The summed E-state index contributed by atoms with van der Waals surface area (Å²) in [5, 5.41) is 10.9. The third-order valence-corrected chi connectivity index (χ3v) is 5.74. The molecule has 1 aliphatic rings. The minimum Gasteiger partial charge on any atom is -0.329 e. The molecule has 0 radical (unpaired) electrons. The Balaban J connectivity index is 1.52. The fourth-order valence-electron chi connectivity index (χ4n) is 3.29. The predicted molar refractivity (Wildman–Crippen MR) is 104 cm³/mol. The smallest absolute Gasteiger partial charge is 0.286 e. The van der Waals surface area contributed by atoms with Crippen LogP contribution in [0.1, 0.15) is 44.1 Å². The number of carbonyl (C=O) groups excluding carboxylic acids is 2. The summed E-state index contributed by atoms with van der Waals surface area (Å²) < 4.78 is 41.1. The highest BCUT2D eigenvalue weighted by Crippen LogP contribution is 2.35. The van der Waals surface area contributed by atoms with E-state index in [1.54, 1.807) is 0 Å². The molecule has 0 unspecified atom stereocenters. The van der Waals surface area contributed by atoms with Gasteiger partial charge in [-0.05, 0) is 49.2 Å². The summed E-state index contributed by atoms with van der Waals surface area (Å²) in [7, 11) is 0. The van der Waals surface area contributed by atoms with Crippen molar-refractivity contribution in [1.29, 1.82) is 0 Å². The van der Waals surface area contributed by atoms with E-state index < -0.39 is 40.9 Å². The molecule has 1 atom stereocenters. The van der Waals surface area contributed by atoms with Crippen LogP contribution in [0.3, 0.4) is 0 Å². The minimum atomic E-state index is -0.928. The Hall–Kier alpha value is -3.27. The number of carbonyl (C=O) groups is 2. The molecule has 30 heavy (non-hydrogen) atoms. The van der Waals surface area contributed by atoms with Crippen molar-refractivity contribution in [1.82, 2.24) is 15.1 Å². The largest absolute Gasteiger partial charge is 0.329 e. The first-order valence-electron chi connectivity index (χ1n) is 9.09. The summed E-state index contributed by atoms with van der Waals surface area (Å²) >= 11 is 0.996. The normalized spacial score (nSPS) is 16.0. The fourth-order valence-corrected chi connectivity index (χ4v) is 4.18. The number of benzene rings is 2. The van der Waals surface area contributed by atoms with Gasteiger partial charge in [0.15, 0.2) is 0 Å². The van der Waals surface area contributed by atoms with E-state index in [2.05, 4.69) is 15.5 Å². The van der Waals surface area contributed by atoms with Crippen LogP contribution in [0.25, 0.3) is 0 Å². The van der Waals surface area contributed by atoms with E-state index >= 15 is 0 Å². The van der Waals surface area contributed by atoms with Crippen molar-refractivity contribution in [3.8, 4) is 0 Å². The Kier molecular flexibility index (Phi) is 5.49. The van der Waals surface area contributed by atoms with Crippen LogP contribution in [0.15, 0.2) is 42.5 Å². The molecule has 154 valence electrons. The van der Waals surface area contributed by atoms with E-state index in [1.165, 1.54) is 35.2 Å². The summed E-state index contributed by atoms with van der Waals surface area (Å²) in [5.74, 6) is -3.57. The molecule has 1 N–H and O–H groups in total. The highest BCUT2D eigenvalue weighted by atomic mass is 32.1. The van der Waals surface area contributed by atoms with Crippen LogP contribution in [-0.4, -0.2) is 33.5 Å². The second kappa shape index (κ2) is 8.23. The summed E-state index contributed by atoms with van der Waals surface area (Å²) in [4.78, 5) is 26.5. The first kappa shape index (κ1) is 20.0. The van der Waals surface area contributed by atoms with E-state index in [0.29, 0.717) is 30.1 Å². The molecule has 3 aromatic rings. The molecule has 4 rings (SSSR count). The lowest BCUT2D eigenvalue weighted by molar-refractivity contribution is 0.0725. The number of amides is 2. The van der Waals surface area contributed by atoms with Gasteiger partial charge in [-0.25, -0.2) is 13.2 Å². The van der Waals surface area contributed by atoms with Crippen molar-refractivity contribution in [3.63, 3.8) is 0 Å². The summed E-state index contributed by atoms with van der Waals surface area (Å²) in [6.07, 6.45) is 1.17. The lowest BCUT2D eigenvalue weighted by Crippen LogP contribution is -2.32. The van der Waals surface area contributed by atoms with Gasteiger partial charge in [0.05, 0.1) is 6.04 Å². The summed E-state index contributed by atoms with van der Waals surface area (Å²) in [6, 6.07) is 7.98. The average Bonchev–Trinajstić information content (AvgIpc) is 3.39. The van der Waals surface area contributed by atoms with Crippen LogP contribution in [0, 0.1) is 17.5 Å². The maximum atomic E-state index is 14.0. The molecule has 2 aromatic carbocycles. The molecule has 2 heterocycles. The van der Waals surface area contributed by atoms with Gasteiger partial charge in [-0.2, -0.15) is 0 Å². The van der Waals surface area contributed by atoms with Gasteiger partial charge in [-0.3, -0.25) is 9.59 Å². The van der Waals surface area contributed by atoms with Crippen LogP contribution in [0.5, 0.6) is 0 Å². The topological polar surface area (TPSA) is 75.2 Å². The number of nitrogens with zero attached hydrogens (tertiary/aromatic N) is 3. The van der Waals surface area contributed by atoms with Gasteiger partial charge in [0.1, 0.15) is 28.0 Å². The molecule has 10 heteroatoms. The Bertz CT molecular complexity index is 1080. The monoisotopic (exact) mass is 432 g/mol. The van der Waals surface area contributed by atoms with E-state index in [0.717, 1.165) is 23.5 Å². The van der Waals surface area contributed by atoms with Gasteiger partial charge < -0.3 is 10.2 Å². The van der Waals surface area contributed by atoms with Crippen LogP contribution in [0.4, 0.5) is 18.9 Å². The highest BCUT2D eigenvalue weighted by molar-refractivity contribution is 7.13. The Morgan fingerprint density at radius 3 is 2.43 bits per heavy atom. The fraction of sp³-hybridized carbons (Fsp3) is 0.200. The van der Waals surface area contributed by atoms with Crippen molar-refractivity contribution in [2.75, 3.05) is 11.9 Å². The number of nitrogens with one attached hydrogen (secondary N) is 1. The zero-order chi connectivity index (χ0) is 21.3. The molecular formula is C20H15F3N4O2S. The maximum Gasteiger partial charge on any atom is 0.286 e. The van der Waals surface area contributed by atoms with Crippen molar-refractivity contribution in [2.45, 2.75) is 18.9 Å². The van der Waals surface area contributed by atoms with E-state index in [4.69, 9.17) is 0 Å². The maximum absolute atomic E-state index is 14.0. The zero-order valence-corrected chi connectivity index (χ0v) is 16.3. The number of halogens is 3. The van der Waals surface area contributed by atoms with Gasteiger partial charge >= 0.3 is 0 Å². The molecule has 0 saturated carbocycles. The third-order valence-electron chi connectivity index (χ3n) is 4.71. The second-order valence-electron chi connectivity index (χ2n) is 6.66. The number of hydrogen-bond donors (Lipinski definition) is 1.